The zero-order valence-electron chi connectivity index (χ0n) is 10.9. The van der Waals surface area contributed by atoms with Crippen LogP contribution in [-0.2, 0) is 0 Å². The van der Waals surface area contributed by atoms with Crippen LogP contribution in [0.5, 0.6) is 0 Å². The highest BCUT2D eigenvalue weighted by atomic mass is 35.5. The lowest BCUT2D eigenvalue weighted by Gasteiger charge is -2.24. The topological polar surface area (TPSA) is 46.1 Å². The minimum atomic E-state index is -0.0377. The van der Waals surface area contributed by atoms with Crippen molar-refractivity contribution in [2.45, 2.75) is 38.8 Å². The van der Waals surface area contributed by atoms with Gasteiger partial charge in [0, 0.05) is 24.8 Å². The molecule has 1 fully saturated rings. The number of rotatable bonds is 3. The molecule has 0 saturated carbocycles. The molecule has 0 aliphatic carbocycles. The van der Waals surface area contributed by atoms with E-state index in [-0.39, 0.29) is 18.0 Å². The summed E-state index contributed by atoms with van der Waals surface area (Å²) >= 11 is 5.98. The number of hydrogen-bond donors (Lipinski definition) is 2. The fraction of sp³-hybridized carbons (Fsp3) is 0.615. The second kappa shape index (κ2) is 5.76. The lowest BCUT2D eigenvalue weighted by Crippen LogP contribution is -2.46. The fourth-order valence-corrected chi connectivity index (χ4v) is 2.50. The van der Waals surface area contributed by atoms with Gasteiger partial charge >= 0.3 is 0 Å². The first-order valence-corrected chi connectivity index (χ1v) is 6.84. The van der Waals surface area contributed by atoms with Crippen LogP contribution in [0.4, 0.5) is 0 Å². The molecule has 1 amide bonds. The minimum Gasteiger partial charge on any atom is -0.347 e. The third-order valence-corrected chi connectivity index (χ3v) is 3.44. The van der Waals surface area contributed by atoms with Gasteiger partial charge in [-0.25, -0.2) is 0 Å². The second-order valence-corrected chi connectivity index (χ2v) is 5.50. The van der Waals surface area contributed by atoms with Crippen LogP contribution in [0.15, 0.2) is 12.3 Å². The van der Waals surface area contributed by atoms with Crippen LogP contribution in [0.2, 0.25) is 5.02 Å². The van der Waals surface area contributed by atoms with E-state index >= 15 is 0 Å². The Balaban J connectivity index is 2.08. The first-order valence-electron chi connectivity index (χ1n) is 6.47. The average molecular weight is 270 g/mol. The summed E-state index contributed by atoms with van der Waals surface area (Å²) < 4.78 is 1.91. The Morgan fingerprint density at radius 1 is 1.61 bits per heavy atom. The monoisotopic (exact) mass is 269 g/mol. The van der Waals surface area contributed by atoms with Crippen molar-refractivity contribution in [3.8, 4) is 0 Å². The molecule has 2 N–H and O–H groups in total. The summed E-state index contributed by atoms with van der Waals surface area (Å²) in [4.78, 5) is 12.2. The quantitative estimate of drug-likeness (QED) is 0.884. The van der Waals surface area contributed by atoms with Crippen molar-refractivity contribution in [3.63, 3.8) is 0 Å². The van der Waals surface area contributed by atoms with Gasteiger partial charge in [0.25, 0.3) is 5.91 Å². The molecular formula is C13H20ClN3O. The molecule has 1 aromatic rings. The SMILES string of the molecule is CC(C)n1cc(Cl)cc1C(=O)N[C@H]1CCCNC1. The van der Waals surface area contributed by atoms with Crippen molar-refractivity contribution in [1.29, 1.82) is 0 Å². The van der Waals surface area contributed by atoms with Crippen LogP contribution in [0.25, 0.3) is 0 Å². The van der Waals surface area contributed by atoms with Crippen molar-refractivity contribution in [2.75, 3.05) is 13.1 Å². The number of carbonyl (C=O) groups is 1. The maximum atomic E-state index is 12.2. The number of nitrogens with one attached hydrogen (secondary N) is 2. The van der Waals surface area contributed by atoms with E-state index in [1.54, 1.807) is 12.3 Å². The molecule has 0 spiro atoms. The van der Waals surface area contributed by atoms with Gasteiger partial charge < -0.3 is 15.2 Å². The highest BCUT2D eigenvalue weighted by molar-refractivity contribution is 6.31. The summed E-state index contributed by atoms with van der Waals surface area (Å²) in [5.41, 5.74) is 0.639. The van der Waals surface area contributed by atoms with Gasteiger partial charge in [-0.2, -0.15) is 0 Å². The number of amides is 1. The number of hydrogen-bond acceptors (Lipinski definition) is 2. The number of aromatic nitrogens is 1. The molecule has 0 unspecified atom stereocenters. The summed E-state index contributed by atoms with van der Waals surface area (Å²) in [7, 11) is 0. The van der Waals surface area contributed by atoms with Gasteiger partial charge in [-0.1, -0.05) is 11.6 Å². The van der Waals surface area contributed by atoms with E-state index in [1.165, 1.54) is 0 Å². The number of nitrogens with zero attached hydrogens (tertiary/aromatic N) is 1. The van der Waals surface area contributed by atoms with Crippen LogP contribution in [-0.4, -0.2) is 29.6 Å². The molecule has 100 valence electrons. The minimum absolute atomic E-state index is 0.0377. The molecule has 1 saturated heterocycles. The van der Waals surface area contributed by atoms with Gasteiger partial charge in [0.1, 0.15) is 5.69 Å². The predicted octanol–water partition coefficient (Wildman–Crippen LogP) is 2.20. The highest BCUT2D eigenvalue weighted by Gasteiger charge is 2.19. The molecule has 1 aromatic heterocycles. The normalized spacial score (nSPS) is 20.1. The van der Waals surface area contributed by atoms with Crippen LogP contribution in [0.3, 0.4) is 0 Å². The van der Waals surface area contributed by atoms with E-state index in [0.29, 0.717) is 10.7 Å². The van der Waals surface area contributed by atoms with Crippen LogP contribution in [0, 0.1) is 0 Å². The van der Waals surface area contributed by atoms with Gasteiger partial charge in [0.15, 0.2) is 0 Å². The third-order valence-electron chi connectivity index (χ3n) is 3.24. The molecule has 2 rings (SSSR count). The van der Waals surface area contributed by atoms with Gasteiger partial charge in [0.2, 0.25) is 0 Å². The average Bonchev–Trinajstić information content (AvgIpc) is 2.73. The zero-order chi connectivity index (χ0) is 13.1. The zero-order valence-corrected chi connectivity index (χ0v) is 11.6. The van der Waals surface area contributed by atoms with Gasteiger partial charge in [-0.15, -0.1) is 0 Å². The van der Waals surface area contributed by atoms with Crippen molar-refractivity contribution in [2.24, 2.45) is 0 Å². The first kappa shape index (κ1) is 13.4. The molecule has 1 aliphatic rings. The molecule has 0 radical (unpaired) electrons. The molecule has 1 atom stereocenters. The molecule has 2 heterocycles. The number of halogens is 1. The molecule has 5 heteroatoms. The number of piperidine rings is 1. The van der Waals surface area contributed by atoms with E-state index in [9.17, 15) is 4.79 Å². The van der Waals surface area contributed by atoms with Crippen LogP contribution >= 0.6 is 11.6 Å². The molecular weight excluding hydrogens is 250 g/mol. The van der Waals surface area contributed by atoms with Crippen molar-refractivity contribution >= 4 is 17.5 Å². The van der Waals surface area contributed by atoms with E-state index in [1.807, 2.05) is 18.4 Å². The Morgan fingerprint density at radius 3 is 3.00 bits per heavy atom. The largest absolute Gasteiger partial charge is 0.347 e. The standard InChI is InChI=1S/C13H20ClN3O/c1-9(2)17-8-10(14)6-12(17)13(18)16-11-4-3-5-15-7-11/h6,8-9,11,15H,3-5,7H2,1-2H3,(H,16,18)/t11-/m0/s1. The van der Waals surface area contributed by atoms with E-state index in [2.05, 4.69) is 10.6 Å². The maximum Gasteiger partial charge on any atom is 0.268 e. The molecule has 1 aliphatic heterocycles. The maximum absolute atomic E-state index is 12.2. The second-order valence-electron chi connectivity index (χ2n) is 5.06. The molecule has 18 heavy (non-hydrogen) atoms. The fourth-order valence-electron chi connectivity index (χ4n) is 2.29. The molecule has 4 nitrogen and oxygen atoms in total. The van der Waals surface area contributed by atoms with Gasteiger partial charge in [-0.05, 0) is 39.3 Å². The summed E-state index contributed by atoms with van der Waals surface area (Å²) in [5, 5.41) is 6.96. The van der Waals surface area contributed by atoms with Gasteiger partial charge in [-0.3, -0.25) is 4.79 Å². The Morgan fingerprint density at radius 2 is 2.39 bits per heavy atom. The Bertz CT molecular complexity index is 422. The first-order chi connectivity index (χ1) is 8.58. The Labute approximate surface area is 113 Å². The summed E-state index contributed by atoms with van der Waals surface area (Å²) in [5.74, 6) is -0.0377. The van der Waals surface area contributed by atoms with Gasteiger partial charge in [0.05, 0.1) is 5.02 Å². The third kappa shape index (κ3) is 3.06. The van der Waals surface area contributed by atoms with Crippen LogP contribution < -0.4 is 10.6 Å². The van der Waals surface area contributed by atoms with Crippen molar-refractivity contribution < 1.29 is 4.79 Å². The van der Waals surface area contributed by atoms with Crippen molar-refractivity contribution in [1.82, 2.24) is 15.2 Å². The highest BCUT2D eigenvalue weighted by Crippen LogP contribution is 2.19. The summed E-state index contributed by atoms with van der Waals surface area (Å²) in [6.45, 7) is 5.97. The Kier molecular flexibility index (Phi) is 4.30. The van der Waals surface area contributed by atoms with E-state index in [4.69, 9.17) is 11.6 Å². The summed E-state index contributed by atoms with van der Waals surface area (Å²) in [6.07, 6.45) is 3.95. The van der Waals surface area contributed by atoms with Crippen LogP contribution in [0.1, 0.15) is 43.2 Å². The Hall–Kier alpha value is -1.00. The van der Waals surface area contributed by atoms with Crippen molar-refractivity contribution in [3.05, 3.63) is 23.0 Å². The lowest BCUT2D eigenvalue weighted by atomic mass is 10.1. The van der Waals surface area contributed by atoms with E-state index in [0.717, 1.165) is 25.9 Å². The smallest absolute Gasteiger partial charge is 0.268 e. The van der Waals surface area contributed by atoms with E-state index < -0.39 is 0 Å². The predicted molar refractivity (Wildman–Crippen MR) is 73.2 cm³/mol. The summed E-state index contributed by atoms with van der Waals surface area (Å²) in [6, 6.07) is 2.18. The number of carbonyl (C=O) groups excluding carboxylic acids is 1. The lowest BCUT2D eigenvalue weighted by molar-refractivity contribution is 0.0920. The molecule has 0 aromatic carbocycles. The molecule has 0 bridgehead atoms.